The standard InChI is InChI=1S/C13H18N2O4/c1-10-5-11(15-19-10)6-14-7-12(16)8-17-9-13-3-2-4-18-13/h2-5,12,14,16H,6-9H2,1H3. The van der Waals surface area contributed by atoms with Crippen LogP contribution in [0.5, 0.6) is 0 Å². The molecule has 6 heteroatoms. The number of aromatic nitrogens is 1. The topological polar surface area (TPSA) is 80.7 Å². The molecule has 0 saturated carbocycles. The fourth-order valence-corrected chi connectivity index (χ4v) is 1.62. The quantitative estimate of drug-likeness (QED) is 0.748. The van der Waals surface area contributed by atoms with Gasteiger partial charge >= 0.3 is 0 Å². The number of aliphatic hydroxyl groups excluding tert-OH is 1. The van der Waals surface area contributed by atoms with Gasteiger partial charge in [0, 0.05) is 19.2 Å². The van der Waals surface area contributed by atoms with Gasteiger partial charge in [0.1, 0.15) is 18.1 Å². The van der Waals surface area contributed by atoms with Gasteiger partial charge in [-0.2, -0.15) is 0 Å². The first-order valence-electron chi connectivity index (χ1n) is 6.15. The minimum absolute atomic E-state index is 0.255. The van der Waals surface area contributed by atoms with Crippen molar-refractivity contribution in [3.8, 4) is 0 Å². The van der Waals surface area contributed by atoms with Gasteiger partial charge in [-0.1, -0.05) is 5.16 Å². The van der Waals surface area contributed by atoms with E-state index in [0.717, 1.165) is 17.2 Å². The molecule has 0 radical (unpaired) electrons. The molecule has 0 aromatic carbocycles. The van der Waals surface area contributed by atoms with Gasteiger partial charge in [0.25, 0.3) is 0 Å². The Hall–Kier alpha value is -1.63. The molecule has 0 fully saturated rings. The van der Waals surface area contributed by atoms with Gasteiger partial charge in [-0.05, 0) is 19.1 Å². The Kier molecular flexibility index (Phi) is 5.14. The summed E-state index contributed by atoms with van der Waals surface area (Å²) < 4.78 is 15.4. The van der Waals surface area contributed by atoms with Crippen molar-refractivity contribution in [2.24, 2.45) is 0 Å². The van der Waals surface area contributed by atoms with Crippen LogP contribution in [0.2, 0.25) is 0 Å². The number of nitrogens with zero attached hydrogens (tertiary/aromatic N) is 1. The molecule has 0 aliphatic heterocycles. The maximum Gasteiger partial charge on any atom is 0.133 e. The third-order valence-corrected chi connectivity index (χ3v) is 2.50. The van der Waals surface area contributed by atoms with Crippen LogP contribution >= 0.6 is 0 Å². The Labute approximate surface area is 111 Å². The second-order valence-corrected chi connectivity index (χ2v) is 4.31. The lowest BCUT2D eigenvalue weighted by atomic mass is 10.3. The molecule has 0 aliphatic rings. The summed E-state index contributed by atoms with van der Waals surface area (Å²) in [4.78, 5) is 0. The normalized spacial score (nSPS) is 12.7. The van der Waals surface area contributed by atoms with Crippen molar-refractivity contribution in [3.63, 3.8) is 0 Å². The largest absolute Gasteiger partial charge is 0.467 e. The van der Waals surface area contributed by atoms with E-state index < -0.39 is 6.10 Å². The molecule has 6 nitrogen and oxygen atoms in total. The Bertz CT molecular complexity index is 467. The first kappa shape index (κ1) is 13.8. The van der Waals surface area contributed by atoms with Gasteiger partial charge in [0.05, 0.1) is 24.7 Å². The van der Waals surface area contributed by atoms with Crippen LogP contribution in [0.3, 0.4) is 0 Å². The van der Waals surface area contributed by atoms with E-state index in [1.165, 1.54) is 0 Å². The van der Waals surface area contributed by atoms with Gasteiger partial charge in [-0.15, -0.1) is 0 Å². The van der Waals surface area contributed by atoms with Crippen LogP contribution in [0.1, 0.15) is 17.2 Å². The molecule has 1 unspecified atom stereocenters. The molecule has 19 heavy (non-hydrogen) atoms. The number of nitrogens with one attached hydrogen (secondary N) is 1. The molecule has 0 spiro atoms. The molecule has 2 aromatic heterocycles. The molecule has 0 aliphatic carbocycles. The van der Waals surface area contributed by atoms with E-state index in [4.69, 9.17) is 13.7 Å². The molecule has 2 rings (SSSR count). The summed E-state index contributed by atoms with van der Waals surface area (Å²) in [7, 11) is 0. The van der Waals surface area contributed by atoms with E-state index in [2.05, 4.69) is 10.5 Å². The average Bonchev–Trinajstić information content (AvgIpc) is 3.01. The number of aryl methyl sites for hydroxylation is 1. The highest BCUT2D eigenvalue weighted by molar-refractivity contribution is 5.02. The Morgan fingerprint density at radius 3 is 3.11 bits per heavy atom. The molecule has 104 valence electrons. The summed E-state index contributed by atoms with van der Waals surface area (Å²) >= 11 is 0. The Morgan fingerprint density at radius 1 is 1.53 bits per heavy atom. The predicted molar refractivity (Wildman–Crippen MR) is 67.3 cm³/mol. The maximum atomic E-state index is 9.70. The van der Waals surface area contributed by atoms with Crippen molar-refractivity contribution in [2.75, 3.05) is 13.2 Å². The number of aliphatic hydroxyl groups is 1. The Morgan fingerprint density at radius 2 is 2.42 bits per heavy atom. The van der Waals surface area contributed by atoms with Crippen molar-refractivity contribution in [1.29, 1.82) is 0 Å². The van der Waals surface area contributed by atoms with Gasteiger partial charge in [0.2, 0.25) is 0 Å². The van der Waals surface area contributed by atoms with Crippen molar-refractivity contribution >= 4 is 0 Å². The summed E-state index contributed by atoms with van der Waals surface area (Å²) in [6.07, 6.45) is 1.03. The zero-order valence-corrected chi connectivity index (χ0v) is 10.8. The molecule has 0 saturated heterocycles. The van der Waals surface area contributed by atoms with Crippen LogP contribution < -0.4 is 5.32 Å². The number of furan rings is 1. The van der Waals surface area contributed by atoms with Gasteiger partial charge < -0.3 is 24.1 Å². The third-order valence-electron chi connectivity index (χ3n) is 2.50. The molecule has 2 aromatic rings. The average molecular weight is 266 g/mol. The van der Waals surface area contributed by atoms with Gasteiger partial charge in [0.15, 0.2) is 0 Å². The van der Waals surface area contributed by atoms with E-state index in [-0.39, 0.29) is 6.61 Å². The summed E-state index contributed by atoms with van der Waals surface area (Å²) in [5.41, 5.74) is 0.821. The molecule has 1 atom stereocenters. The lowest BCUT2D eigenvalue weighted by Gasteiger charge is -2.11. The number of hydrogen-bond donors (Lipinski definition) is 2. The van der Waals surface area contributed by atoms with Crippen LogP contribution in [0, 0.1) is 6.92 Å². The highest BCUT2D eigenvalue weighted by Gasteiger charge is 2.06. The van der Waals surface area contributed by atoms with Crippen LogP contribution in [0.4, 0.5) is 0 Å². The zero-order valence-electron chi connectivity index (χ0n) is 10.8. The van der Waals surface area contributed by atoms with Crippen molar-refractivity contribution < 1.29 is 18.8 Å². The number of ether oxygens (including phenoxy) is 1. The highest BCUT2D eigenvalue weighted by atomic mass is 16.5. The fraction of sp³-hybridized carbons (Fsp3) is 0.462. The summed E-state index contributed by atoms with van der Waals surface area (Å²) in [6.45, 7) is 3.46. The van der Waals surface area contributed by atoms with E-state index in [9.17, 15) is 5.11 Å². The van der Waals surface area contributed by atoms with E-state index >= 15 is 0 Å². The minimum atomic E-state index is -0.567. The lowest BCUT2D eigenvalue weighted by molar-refractivity contribution is 0.0225. The van der Waals surface area contributed by atoms with Crippen LogP contribution in [-0.4, -0.2) is 29.5 Å². The van der Waals surface area contributed by atoms with E-state index in [1.54, 1.807) is 12.3 Å². The predicted octanol–water partition coefficient (Wildman–Crippen LogP) is 1.24. The van der Waals surface area contributed by atoms with E-state index in [1.807, 2.05) is 19.1 Å². The number of hydrogen-bond acceptors (Lipinski definition) is 6. The van der Waals surface area contributed by atoms with E-state index in [0.29, 0.717) is 19.7 Å². The minimum Gasteiger partial charge on any atom is -0.467 e. The fourth-order valence-electron chi connectivity index (χ4n) is 1.62. The molecule has 0 bridgehead atoms. The molecular weight excluding hydrogens is 248 g/mol. The first-order chi connectivity index (χ1) is 9.24. The Balaban J connectivity index is 1.55. The van der Waals surface area contributed by atoms with Gasteiger partial charge in [-0.3, -0.25) is 0 Å². The molecule has 0 amide bonds. The van der Waals surface area contributed by atoms with Crippen molar-refractivity contribution in [1.82, 2.24) is 10.5 Å². The molecular formula is C13H18N2O4. The second kappa shape index (κ2) is 7.08. The summed E-state index contributed by atoms with van der Waals surface area (Å²) in [5.74, 6) is 1.53. The number of rotatable bonds is 8. The van der Waals surface area contributed by atoms with Crippen molar-refractivity contribution in [2.45, 2.75) is 26.2 Å². The zero-order chi connectivity index (χ0) is 13.5. The molecule has 2 heterocycles. The van der Waals surface area contributed by atoms with Crippen molar-refractivity contribution in [3.05, 3.63) is 41.7 Å². The second-order valence-electron chi connectivity index (χ2n) is 4.31. The summed E-state index contributed by atoms with van der Waals surface area (Å²) in [5, 5.41) is 16.6. The first-order valence-corrected chi connectivity index (χ1v) is 6.15. The monoisotopic (exact) mass is 266 g/mol. The van der Waals surface area contributed by atoms with Gasteiger partial charge in [-0.25, -0.2) is 0 Å². The van der Waals surface area contributed by atoms with Crippen LogP contribution in [0.15, 0.2) is 33.4 Å². The lowest BCUT2D eigenvalue weighted by Crippen LogP contribution is -2.30. The molecule has 2 N–H and O–H groups in total. The smallest absolute Gasteiger partial charge is 0.133 e. The third kappa shape index (κ3) is 4.86. The maximum absolute atomic E-state index is 9.70. The summed E-state index contributed by atoms with van der Waals surface area (Å²) in [6, 6.07) is 5.49. The van der Waals surface area contributed by atoms with Crippen LogP contribution in [0.25, 0.3) is 0 Å². The highest BCUT2D eigenvalue weighted by Crippen LogP contribution is 2.02. The van der Waals surface area contributed by atoms with Crippen LogP contribution in [-0.2, 0) is 17.9 Å². The SMILES string of the molecule is Cc1cc(CNCC(O)COCc2ccco2)no1.